The fourth-order valence-corrected chi connectivity index (χ4v) is 4.37. The average molecular weight is 480 g/mol. The van der Waals surface area contributed by atoms with E-state index in [0.717, 1.165) is 47.4 Å². The van der Waals surface area contributed by atoms with Gasteiger partial charge in [-0.3, -0.25) is 0 Å². The highest BCUT2D eigenvalue weighted by Gasteiger charge is 2.27. The number of pyridine rings is 1. The van der Waals surface area contributed by atoms with Gasteiger partial charge in [0.15, 0.2) is 0 Å². The Balaban J connectivity index is 1.80. The summed E-state index contributed by atoms with van der Waals surface area (Å²) in [5, 5.41) is 4.00. The van der Waals surface area contributed by atoms with Gasteiger partial charge < -0.3 is 15.0 Å². The minimum atomic E-state index is -1.06. The van der Waals surface area contributed by atoms with Crippen molar-refractivity contribution in [2.24, 2.45) is 5.92 Å². The molecule has 2 unspecified atom stereocenters. The number of halogens is 2. The third kappa shape index (κ3) is 5.64. The second-order valence-corrected chi connectivity index (χ2v) is 9.51. The molecule has 2 aliphatic heterocycles. The van der Waals surface area contributed by atoms with Crippen molar-refractivity contribution < 1.29 is 13.5 Å². The van der Waals surface area contributed by atoms with Gasteiger partial charge in [-0.2, -0.15) is 0 Å². The Morgan fingerprint density at radius 2 is 2.11 bits per heavy atom. The van der Waals surface area contributed by atoms with Crippen LogP contribution in [0, 0.1) is 5.92 Å². The van der Waals surface area contributed by atoms with Crippen LogP contribution in [0.4, 0.5) is 8.78 Å². The molecule has 0 aliphatic carbocycles. The van der Waals surface area contributed by atoms with Crippen molar-refractivity contribution in [3.8, 4) is 5.75 Å². The van der Waals surface area contributed by atoms with Crippen molar-refractivity contribution in [2.75, 3.05) is 13.1 Å². The van der Waals surface area contributed by atoms with E-state index in [1.165, 1.54) is 6.08 Å². The second kappa shape index (κ2) is 11.2. The predicted octanol–water partition coefficient (Wildman–Crippen LogP) is 7.07. The van der Waals surface area contributed by atoms with E-state index < -0.39 is 12.3 Å². The van der Waals surface area contributed by atoms with Gasteiger partial charge in [0.25, 0.3) is 0 Å². The first-order valence-corrected chi connectivity index (χ1v) is 12.6. The zero-order valence-corrected chi connectivity index (χ0v) is 21.0. The van der Waals surface area contributed by atoms with Gasteiger partial charge in [0, 0.05) is 23.8 Å². The minimum Gasteiger partial charge on any atom is -0.485 e. The molecule has 4 nitrogen and oxygen atoms in total. The summed E-state index contributed by atoms with van der Waals surface area (Å²) in [7, 11) is 0. The van der Waals surface area contributed by atoms with E-state index in [1.807, 2.05) is 35.2 Å². The summed E-state index contributed by atoms with van der Waals surface area (Å²) in [5.41, 5.74) is 4.32. The maximum absolute atomic E-state index is 14.5. The fraction of sp³-hybridized carbons (Fsp3) is 0.414. The topological polar surface area (TPSA) is 37.4 Å². The van der Waals surface area contributed by atoms with Crippen molar-refractivity contribution in [3.05, 3.63) is 77.6 Å². The molecule has 2 aliphatic rings. The largest absolute Gasteiger partial charge is 0.485 e. The van der Waals surface area contributed by atoms with E-state index in [4.69, 9.17) is 9.72 Å². The van der Waals surface area contributed by atoms with Crippen molar-refractivity contribution in [1.29, 1.82) is 0 Å². The van der Waals surface area contributed by atoms with Crippen LogP contribution < -0.4 is 10.1 Å². The van der Waals surface area contributed by atoms with E-state index >= 15 is 0 Å². The van der Waals surface area contributed by atoms with Gasteiger partial charge in [-0.05, 0) is 62.1 Å². The Labute approximate surface area is 207 Å². The molecular weight excluding hydrogens is 444 g/mol. The van der Waals surface area contributed by atoms with E-state index in [2.05, 4.69) is 39.1 Å². The molecule has 35 heavy (non-hydrogen) atoms. The summed E-state index contributed by atoms with van der Waals surface area (Å²) >= 11 is 0. The van der Waals surface area contributed by atoms with Gasteiger partial charge in [0.1, 0.15) is 29.4 Å². The molecule has 0 bridgehead atoms. The van der Waals surface area contributed by atoms with Crippen LogP contribution in [-0.2, 0) is 0 Å². The van der Waals surface area contributed by atoms with Crippen LogP contribution in [0.3, 0.4) is 0 Å². The Hall–Kier alpha value is -2.99. The summed E-state index contributed by atoms with van der Waals surface area (Å²) < 4.78 is 34.8. The molecular formula is C29H35F2N3O. The zero-order chi connectivity index (χ0) is 24.9. The fourth-order valence-electron chi connectivity index (χ4n) is 4.37. The number of rotatable bonds is 7. The molecule has 186 valence electrons. The summed E-state index contributed by atoms with van der Waals surface area (Å²) in [6.07, 6.45) is 7.74. The third-order valence-electron chi connectivity index (χ3n) is 6.62. The number of aromatic nitrogens is 1. The molecule has 1 fully saturated rings. The highest BCUT2D eigenvalue weighted by Crippen LogP contribution is 2.35. The molecule has 1 N–H and O–H groups in total. The van der Waals surface area contributed by atoms with Crippen LogP contribution >= 0.6 is 0 Å². The number of benzene rings is 1. The van der Waals surface area contributed by atoms with Crippen molar-refractivity contribution >= 4 is 16.6 Å². The first-order valence-electron chi connectivity index (χ1n) is 12.6. The number of nitrogens with zero attached hydrogens (tertiary/aromatic N) is 2. The number of hydrogen-bond donors (Lipinski definition) is 1. The van der Waals surface area contributed by atoms with Crippen LogP contribution in [0.2, 0.25) is 0 Å². The Kier molecular flexibility index (Phi) is 8.01. The monoisotopic (exact) mass is 479 g/mol. The molecule has 4 rings (SSSR count). The number of fused-ring (bicyclic) bond motifs is 1. The molecule has 2 atom stereocenters. The third-order valence-corrected chi connectivity index (χ3v) is 6.62. The number of alkyl halides is 1. The standard InChI is InChI=1S/C29H35F2N3O/c1-5-6-9-23-17-22(30)14-16-34(23)29(20(4)19(2)3)25-12-11-21-8-7-10-27(28(21)33-25)35-26-13-15-32-18-24(26)31/h7-12,14,16-17,19,24,26,32H,5-6,13,15,18H2,1-4H3. The molecule has 1 saturated heterocycles. The zero-order valence-electron chi connectivity index (χ0n) is 21.0. The van der Waals surface area contributed by atoms with Gasteiger partial charge in [-0.1, -0.05) is 51.5 Å². The smallest absolute Gasteiger partial charge is 0.149 e. The number of unbranched alkanes of at least 4 members (excludes halogenated alkanes) is 1. The quantitative estimate of drug-likeness (QED) is 0.461. The number of allylic oxidation sites excluding steroid dienone is 5. The van der Waals surface area contributed by atoms with Gasteiger partial charge in [0.05, 0.1) is 11.4 Å². The normalized spacial score (nSPS) is 22.5. The van der Waals surface area contributed by atoms with E-state index in [-0.39, 0.29) is 11.7 Å². The number of ether oxygens (including phenoxy) is 1. The Bertz CT molecular complexity index is 1180. The molecule has 1 aromatic heterocycles. The molecule has 3 heterocycles. The minimum absolute atomic E-state index is 0.257. The maximum atomic E-state index is 14.5. The number of para-hydroxylation sites is 1. The second-order valence-electron chi connectivity index (χ2n) is 9.51. The molecule has 0 saturated carbocycles. The van der Waals surface area contributed by atoms with Crippen molar-refractivity contribution in [3.63, 3.8) is 0 Å². The Morgan fingerprint density at radius 3 is 2.86 bits per heavy atom. The summed E-state index contributed by atoms with van der Waals surface area (Å²) in [4.78, 5) is 7.06. The summed E-state index contributed by atoms with van der Waals surface area (Å²) in [6.45, 7) is 9.51. The molecule has 0 amide bonds. The maximum Gasteiger partial charge on any atom is 0.149 e. The number of nitrogens with one attached hydrogen (secondary N) is 1. The van der Waals surface area contributed by atoms with Crippen molar-refractivity contribution in [1.82, 2.24) is 15.2 Å². The van der Waals surface area contributed by atoms with Crippen LogP contribution in [-0.4, -0.2) is 35.2 Å². The number of piperidine rings is 1. The molecule has 0 spiro atoms. The molecule has 6 heteroatoms. The van der Waals surface area contributed by atoms with Crippen molar-refractivity contribution in [2.45, 2.75) is 59.2 Å². The highest BCUT2D eigenvalue weighted by atomic mass is 19.1. The van der Waals surface area contributed by atoms with Gasteiger partial charge in [-0.25, -0.2) is 13.8 Å². The molecule has 2 aromatic rings. The summed E-state index contributed by atoms with van der Waals surface area (Å²) in [5.74, 6) is 0.574. The Morgan fingerprint density at radius 1 is 1.29 bits per heavy atom. The number of hydrogen-bond acceptors (Lipinski definition) is 4. The van der Waals surface area contributed by atoms with Crippen LogP contribution in [0.1, 0.15) is 52.7 Å². The highest BCUT2D eigenvalue weighted by molar-refractivity contribution is 5.86. The van der Waals surface area contributed by atoms with Gasteiger partial charge in [0.2, 0.25) is 0 Å². The van der Waals surface area contributed by atoms with Gasteiger partial charge in [-0.15, -0.1) is 0 Å². The van der Waals surface area contributed by atoms with Crippen LogP contribution in [0.5, 0.6) is 5.75 Å². The van der Waals surface area contributed by atoms with Crippen LogP contribution in [0.15, 0.2) is 71.9 Å². The first-order chi connectivity index (χ1) is 16.9. The molecule has 0 radical (unpaired) electrons. The first kappa shape index (κ1) is 25.1. The van der Waals surface area contributed by atoms with E-state index in [0.29, 0.717) is 24.2 Å². The lowest BCUT2D eigenvalue weighted by molar-refractivity contribution is 0.0742. The van der Waals surface area contributed by atoms with Crippen LogP contribution in [0.25, 0.3) is 16.6 Å². The van der Waals surface area contributed by atoms with E-state index in [1.54, 1.807) is 12.3 Å². The summed E-state index contributed by atoms with van der Waals surface area (Å²) in [6, 6.07) is 9.77. The lowest BCUT2D eigenvalue weighted by Crippen LogP contribution is -2.44. The lowest BCUT2D eigenvalue weighted by Gasteiger charge is -2.30. The molecule has 1 aromatic carbocycles. The predicted molar refractivity (Wildman–Crippen MR) is 139 cm³/mol. The lowest BCUT2D eigenvalue weighted by atomic mass is 9.98. The average Bonchev–Trinajstić information content (AvgIpc) is 2.85. The van der Waals surface area contributed by atoms with E-state index in [9.17, 15) is 8.78 Å². The van der Waals surface area contributed by atoms with Gasteiger partial charge >= 0.3 is 0 Å². The SMILES string of the molecule is CCCC=C1C=C(F)C=CN1C(=C(C)C(C)C)c1ccc2cccc(OC3CCNCC3F)c2n1.